The van der Waals surface area contributed by atoms with Gasteiger partial charge in [0, 0.05) is 17.1 Å². The number of carbonyl (C=O) groups is 1. The third-order valence-electron chi connectivity index (χ3n) is 2.26. The van der Waals surface area contributed by atoms with Gasteiger partial charge in [-0.25, -0.2) is 13.8 Å². The molecule has 94 valence electrons. The lowest BCUT2D eigenvalue weighted by molar-refractivity contribution is 0.0993. The largest absolute Gasteiger partial charge is 0.293 e. The molecule has 0 saturated carbocycles. The molecule has 1 heterocycles. The van der Waals surface area contributed by atoms with Gasteiger partial charge < -0.3 is 0 Å². The number of thioether (sulfide) groups is 1. The van der Waals surface area contributed by atoms with E-state index in [0.717, 1.165) is 16.5 Å². The summed E-state index contributed by atoms with van der Waals surface area (Å²) in [5, 5.41) is 1.43. The zero-order chi connectivity index (χ0) is 13.1. The van der Waals surface area contributed by atoms with Crippen molar-refractivity contribution in [2.24, 2.45) is 0 Å². The third kappa shape index (κ3) is 2.94. The first-order chi connectivity index (χ1) is 8.58. The Morgan fingerprint density at radius 3 is 2.78 bits per heavy atom. The summed E-state index contributed by atoms with van der Waals surface area (Å²) in [7, 11) is 0. The molecule has 0 fully saturated rings. The smallest absolute Gasteiger partial charge is 0.176 e. The van der Waals surface area contributed by atoms with E-state index in [1.807, 2.05) is 5.38 Å². The van der Waals surface area contributed by atoms with E-state index in [0.29, 0.717) is 0 Å². The van der Waals surface area contributed by atoms with Gasteiger partial charge in [-0.2, -0.15) is 0 Å². The number of hydrogen-bond acceptors (Lipinski definition) is 4. The molecule has 1 atom stereocenters. The first kappa shape index (κ1) is 13.2. The minimum atomic E-state index is -1.01. The Bertz CT molecular complexity index is 557. The van der Waals surface area contributed by atoms with E-state index in [-0.39, 0.29) is 16.6 Å². The van der Waals surface area contributed by atoms with Gasteiger partial charge in [0.25, 0.3) is 0 Å². The van der Waals surface area contributed by atoms with Crippen molar-refractivity contribution < 1.29 is 13.6 Å². The molecule has 0 spiro atoms. The lowest BCUT2D eigenvalue weighted by Crippen LogP contribution is -2.13. The minimum Gasteiger partial charge on any atom is -0.293 e. The quantitative estimate of drug-likeness (QED) is 0.632. The summed E-state index contributed by atoms with van der Waals surface area (Å²) in [5.74, 6) is -2.20. The summed E-state index contributed by atoms with van der Waals surface area (Å²) in [6.07, 6.45) is 1.65. The average Bonchev–Trinajstić information content (AvgIpc) is 2.84. The second kappa shape index (κ2) is 5.58. The summed E-state index contributed by atoms with van der Waals surface area (Å²) in [4.78, 5) is 16.1. The van der Waals surface area contributed by atoms with E-state index in [4.69, 9.17) is 0 Å². The van der Waals surface area contributed by atoms with E-state index in [2.05, 4.69) is 4.98 Å². The van der Waals surface area contributed by atoms with Gasteiger partial charge in [0.15, 0.2) is 17.4 Å². The molecule has 0 aliphatic heterocycles. The Hall–Kier alpha value is -1.27. The molecular formula is C12H9F2NOS2. The van der Waals surface area contributed by atoms with Gasteiger partial charge in [0.2, 0.25) is 0 Å². The van der Waals surface area contributed by atoms with Crippen LogP contribution in [0.1, 0.15) is 17.3 Å². The Kier molecular flexibility index (Phi) is 4.08. The fourth-order valence-corrected chi connectivity index (χ4v) is 3.21. The van der Waals surface area contributed by atoms with E-state index >= 15 is 0 Å². The van der Waals surface area contributed by atoms with Crippen LogP contribution in [0.4, 0.5) is 8.78 Å². The van der Waals surface area contributed by atoms with Gasteiger partial charge in [-0.3, -0.25) is 4.79 Å². The third-order valence-corrected chi connectivity index (χ3v) is 4.28. The number of rotatable bonds is 4. The van der Waals surface area contributed by atoms with Crippen LogP contribution < -0.4 is 0 Å². The molecule has 6 heteroatoms. The molecule has 0 radical (unpaired) electrons. The zero-order valence-corrected chi connectivity index (χ0v) is 11.0. The van der Waals surface area contributed by atoms with Crippen LogP contribution in [0.15, 0.2) is 34.1 Å². The van der Waals surface area contributed by atoms with Crippen molar-refractivity contribution in [3.63, 3.8) is 0 Å². The second-order valence-corrected chi connectivity index (χ2v) is 6.03. The van der Waals surface area contributed by atoms with Crippen molar-refractivity contribution in [1.29, 1.82) is 0 Å². The number of thiazole rings is 1. The van der Waals surface area contributed by atoms with Gasteiger partial charge in [0.05, 0.1) is 5.25 Å². The van der Waals surface area contributed by atoms with E-state index < -0.39 is 11.6 Å². The molecule has 1 aromatic heterocycles. The normalized spacial score (nSPS) is 12.4. The summed E-state index contributed by atoms with van der Waals surface area (Å²) in [5.41, 5.74) is 0.172. The number of carbonyl (C=O) groups excluding carboxylic acids is 1. The summed E-state index contributed by atoms with van der Waals surface area (Å²) >= 11 is 2.74. The highest BCUT2D eigenvalue weighted by molar-refractivity contribution is 8.02. The SMILES string of the molecule is CC(Sc1nccs1)C(=O)c1ccc(F)c(F)c1. The number of halogens is 2. The highest BCUT2D eigenvalue weighted by atomic mass is 32.2. The maximum Gasteiger partial charge on any atom is 0.176 e. The second-order valence-electron chi connectivity index (χ2n) is 3.55. The molecular weight excluding hydrogens is 276 g/mol. The fourth-order valence-electron chi connectivity index (χ4n) is 1.36. The zero-order valence-electron chi connectivity index (χ0n) is 9.39. The molecule has 2 aromatic rings. The predicted octanol–water partition coefficient (Wildman–Crippen LogP) is 3.78. The molecule has 0 bridgehead atoms. The van der Waals surface area contributed by atoms with Crippen LogP contribution in [-0.2, 0) is 0 Å². The molecule has 18 heavy (non-hydrogen) atoms. The lowest BCUT2D eigenvalue weighted by Gasteiger charge is -2.08. The lowest BCUT2D eigenvalue weighted by atomic mass is 10.1. The molecule has 1 unspecified atom stereocenters. The molecule has 0 amide bonds. The number of hydrogen-bond donors (Lipinski definition) is 0. The van der Waals surface area contributed by atoms with Crippen molar-refractivity contribution in [2.75, 3.05) is 0 Å². The van der Waals surface area contributed by atoms with Crippen LogP contribution in [0.2, 0.25) is 0 Å². The van der Waals surface area contributed by atoms with Crippen LogP contribution in [0.5, 0.6) is 0 Å². The number of benzene rings is 1. The molecule has 2 rings (SSSR count). The van der Waals surface area contributed by atoms with Crippen LogP contribution in [0.25, 0.3) is 0 Å². The van der Waals surface area contributed by atoms with Crippen molar-refractivity contribution in [3.8, 4) is 0 Å². The Morgan fingerprint density at radius 2 is 2.17 bits per heavy atom. The average molecular weight is 285 g/mol. The Morgan fingerprint density at radius 1 is 1.39 bits per heavy atom. The highest BCUT2D eigenvalue weighted by Gasteiger charge is 2.18. The van der Waals surface area contributed by atoms with E-state index in [1.165, 1.54) is 29.2 Å². The van der Waals surface area contributed by atoms with Gasteiger partial charge in [-0.15, -0.1) is 11.3 Å². The van der Waals surface area contributed by atoms with Crippen LogP contribution in [0.3, 0.4) is 0 Å². The van der Waals surface area contributed by atoms with Gasteiger partial charge in [0.1, 0.15) is 4.34 Å². The molecule has 0 saturated heterocycles. The topological polar surface area (TPSA) is 30.0 Å². The maximum atomic E-state index is 13.0. The summed E-state index contributed by atoms with van der Waals surface area (Å²) in [6.45, 7) is 1.72. The van der Waals surface area contributed by atoms with Crippen molar-refractivity contribution in [1.82, 2.24) is 4.98 Å². The Balaban J connectivity index is 2.12. The minimum absolute atomic E-state index is 0.172. The van der Waals surface area contributed by atoms with Crippen molar-refractivity contribution in [2.45, 2.75) is 16.5 Å². The van der Waals surface area contributed by atoms with Gasteiger partial charge in [-0.05, 0) is 25.1 Å². The summed E-state index contributed by atoms with van der Waals surface area (Å²) in [6, 6.07) is 3.18. The molecule has 1 aromatic carbocycles. The molecule has 0 aliphatic carbocycles. The number of Topliss-reactive ketones (excluding diaryl/α,β-unsaturated/α-hetero) is 1. The summed E-state index contributed by atoms with van der Waals surface area (Å²) < 4.78 is 26.6. The number of ketones is 1. The highest BCUT2D eigenvalue weighted by Crippen LogP contribution is 2.27. The van der Waals surface area contributed by atoms with Crippen LogP contribution in [-0.4, -0.2) is 16.0 Å². The standard InChI is InChI=1S/C12H9F2NOS2/c1-7(18-12-15-4-5-17-12)11(16)8-2-3-9(13)10(14)6-8/h2-7H,1H3. The van der Waals surface area contributed by atoms with E-state index in [9.17, 15) is 13.6 Å². The van der Waals surface area contributed by atoms with Crippen LogP contribution in [0, 0.1) is 11.6 Å². The first-order valence-electron chi connectivity index (χ1n) is 5.13. The van der Waals surface area contributed by atoms with Gasteiger partial charge >= 0.3 is 0 Å². The Labute approximate surface area is 111 Å². The number of aromatic nitrogens is 1. The molecule has 0 aliphatic rings. The molecule has 2 nitrogen and oxygen atoms in total. The first-order valence-corrected chi connectivity index (χ1v) is 6.89. The molecule has 0 N–H and O–H groups in total. The fraction of sp³-hybridized carbons (Fsp3) is 0.167. The predicted molar refractivity (Wildman–Crippen MR) is 68.1 cm³/mol. The maximum absolute atomic E-state index is 13.0. The van der Waals surface area contributed by atoms with E-state index in [1.54, 1.807) is 13.1 Å². The van der Waals surface area contributed by atoms with Crippen LogP contribution >= 0.6 is 23.1 Å². The monoisotopic (exact) mass is 285 g/mol. The number of nitrogens with zero attached hydrogens (tertiary/aromatic N) is 1. The van der Waals surface area contributed by atoms with Crippen molar-refractivity contribution in [3.05, 3.63) is 47.0 Å². The van der Waals surface area contributed by atoms with Gasteiger partial charge in [-0.1, -0.05) is 11.8 Å². The van der Waals surface area contributed by atoms with Crippen molar-refractivity contribution >= 4 is 28.9 Å².